The number of nitrogens with zero attached hydrogens (tertiary/aromatic N) is 3. The third-order valence-corrected chi connectivity index (χ3v) is 4.26. The first-order chi connectivity index (χ1) is 13.9. The van der Waals surface area contributed by atoms with Gasteiger partial charge in [-0.1, -0.05) is 0 Å². The molecule has 1 atom stereocenters. The lowest BCUT2D eigenvalue weighted by molar-refractivity contribution is -0.389. The average Bonchev–Trinajstić information content (AvgIpc) is 2.73. The molecule has 0 spiro atoms. The zero-order chi connectivity index (χ0) is 21.0. The molecule has 0 N–H and O–H groups in total. The van der Waals surface area contributed by atoms with E-state index in [0.29, 0.717) is 30.1 Å². The number of esters is 1. The maximum Gasteiger partial charge on any atom is 0.366 e. The lowest BCUT2D eigenvalue weighted by Gasteiger charge is -2.29. The van der Waals surface area contributed by atoms with E-state index in [1.54, 1.807) is 31.2 Å². The molecule has 0 fully saturated rings. The molecule has 1 aliphatic rings. The molecule has 0 aliphatic carbocycles. The molecule has 152 valence electrons. The van der Waals surface area contributed by atoms with Crippen LogP contribution in [-0.2, 0) is 9.53 Å². The number of carbonyl (C=O) groups is 2. The van der Waals surface area contributed by atoms with Crippen LogP contribution in [-0.4, -0.2) is 48.1 Å². The Bertz CT molecular complexity index is 930. The van der Waals surface area contributed by atoms with Crippen LogP contribution in [0.3, 0.4) is 0 Å². The topological polar surface area (TPSA) is 121 Å². The van der Waals surface area contributed by atoms with Gasteiger partial charge in [0.25, 0.3) is 11.7 Å². The van der Waals surface area contributed by atoms with Gasteiger partial charge in [-0.2, -0.15) is 0 Å². The van der Waals surface area contributed by atoms with Crippen LogP contribution in [0, 0.1) is 10.1 Å². The van der Waals surface area contributed by atoms with Crippen LogP contribution in [0.1, 0.15) is 23.7 Å². The highest BCUT2D eigenvalue weighted by atomic mass is 16.6. The lowest BCUT2D eigenvalue weighted by Crippen LogP contribution is -2.45. The van der Waals surface area contributed by atoms with Gasteiger partial charge >= 0.3 is 11.8 Å². The molecule has 1 unspecified atom stereocenters. The van der Waals surface area contributed by atoms with Crippen molar-refractivity contribution in [3.05, 3.63) is 52.1 Å². The maximum absolute atomic E-state index is 12.5. The van der Waals surface area contributed by atoms with E-state index in [2.05, 4.69) is 9.72 Å². The number of hydrogen-bond donors (Lipinski definition) is 0. The van der Waals surface area contributed by atoms with Crippen molar-refractivity contribution < 1.29 is 28.7 Å². The van der Waals surface area contributed by atoms with Crippen molar-refractivity contribution in [2.24, 2.45) is 0 Å². The average molecular weight is 401 g/mol. The predicted octanol–water partition coefficient (Wildman–Crippen LogP) is 2.36. The SMILES string of the molecule is COC(=O)c1ccc(OCCCN2C(=O)C(C)Oc3ccc([N+](=O)[O-])nc32)cc1. The molecule has 2 heterocycles. The van der Waals surface area contributed by atoms with Crippen LogP contribution in [0.5, 0.6) is 11.5 Å². The number of pyridine rings is 1. The summed E-state index contributed by atoms with van der Waals surface area (Å²) >= 11 is 0. The number of nitro groups is 1. The summed E-state index contributed by atoms with van der Waals surface area (Å²) in [5.74, 6) is -0.105. The molecule has 0 saturated heterocycles. The van der Waals surface area contributed by atoms with Crippen LogP contribution in [0.2, 0.25) is 0 Å². The molecule has 1 aromatic carbocycles. The summed E-state index contributed by atoms with van der Waals surface area (Å²) in [6, 6.07) is 9.15. The normalized spacial score (nSPS) is 15.3. The second-order valence-corrected chi connectivity index (χ2v) is 6.22. The fourth-order valence-electron chi connectivity index (χ4n) is 2.81. The number of amides is 1. The molecule has 2 aromatic rings. The zero-order valence-electron chi connectivity index (χ0n) is 15.9. The van der Waals surface area contributed by atoms with Gasteiger partial charge < -0.3 is 24.3 Å². The predicted molar refractivity (Wildman–Crippen MR) is 101 cm³/mol. The first-order valence-corrected chi connectivity index (χ1v) is 8.85. The number of benzene rings is 1. The first-order valence-electron chi connectivity index (χ1n) is 8.85. The largest absolute Gasteiger partial charge is 0.494 e. The van der Waals surface area contributed by atoms with Crippen molar-refractivity contribution in [1.82, 2.24) is 4.98 Å². The van der Waals surface area contributed by atoms with Crippen molar-refractivity contribution in [2.45, 2.75) is 19.4 Å². The quantitative estimate of drug-likeness (QED) is 0.300. The second-order valence-electron chi connectivity index (χ2n) is 6.22. The number of methoxy groups -OCH3 is 1. The summed E-state index contributed by atoms with van der Waals surface area (Å²) < 4.78 is 15.7. The Balaban J connectivity index is 1.63. The van der Waals surface area contributed by atoms with Crippen molar-refractivity contribution in [2.75, 3.05) is 25.2 Å². The van der Waals surface area contributed by atoms with Crippen molar-refractivity contribution in [3.8, 4) is 11.5 Å². The van der Waals surface area contributed by atoms with Crippen LogP contribution in [0.25, 0.3) is 0 Å². The standard InChI is InChI=1S/C19H19N3O7/c1-12-18(23)21(17-15(29-12)8-9-16(20-17)22(25)26)10-3-11-28-14-6-4-13(5-7-14)19(24)27-2/h4-9,12H,3,10-11H2,1-2H3. The van der Waals surface area contributed by atoms with Crippen LogP contribution in [0.4, 0.5) is 11.6 Å². The molecule has 0 radical (unpaired) electrons. The Morgan fingerprint density at radius 3 is 2.66 bits per heavy atom. The Labute approximate surface area is 166 Å². The Kier molecular flexibility index (Phi) is 5.91. The molecule has 10 nitrogen and oxygen atoms in total. The van der Waals surface area contributed by atoms with Crippen LogP contribution < -0.4 is 14.4 Å². The number of rotatable bonds is 7. The van der Waals surface area contributed by atoms with E-state index in [1.807, 2.05) is 0 Å². The smallest absolute Gasteiger partial charge is 0.366 e. The summed E-state index contributed by atoms with van der Waals surface area (Å²) in [6.07, 6.45) is -0.251. The van der Waals surface area contributed by atoms with Gasteiger partial charge in [-0.05, 0) is 53.6 Å². The van der Waals surface area contributed by atoms with E-state index >= 15 is 0 Å². The summed E-state index contributed by atoms with van der Waals surface area (Å²) in [7, 11) is 1.31. The highest BCUT2D eigenvalue weighted by Gasteiger charge is 2.36. The Hall–Kier alpha value is -3.69. The second kappa shape index (κ2) is 8.55. The summed E-state index contributed by atoms with van der Waals surface area (Å²) in [4.78, 5) is 39.6. The zero-order valence-corrected chi connectivity index (χ0v) is 15.9. The maximum atomic E-state index is 12.5. The van der Waals surface area contributed by atoms with E-state index in [4.69, 9.17) is 9.47 Å². The molecular weight excluding hydrogens is 382 g/mol. The van der Waals surface area contributed by atoms with E-state index in [0.717, 1.165) is 0 Å². The third-order valence-electron chi connectivity index (χ3n) is 4.26. The van der Waals surface area contributed by atoms with Gasteiger partial charge in [0.05, 0.1) is 19.3 Å². The third kappa shape index (κ3) is 4.42. The molecule has 1 aliphatic heterocycles. The van der Waals surface area contributed by atoms with Gasteiger partial charge in [0.2, 0.25) is 0 Å². The molecule has 1 aromatic heterocycles. The lowest BCUT2D eigenvalue weighted by atomic mass is 10.2. The van der Waals surface area contributed by atoms with E-state index in [9.17, 15) is 19.7 Å². The highest BCUT2D eigenvalue weighted by Crippen LogP contribution is 2.34. The summed E-state index contributed by atoms with van der Waals surface area (Å²) in [5.41, 5.74) is 0.414. The number of fused-ring (bicyclic) bond motifs is 1. The molecule has 29 heavy (non-hydrogen) atoms. The van der Waals surface area contributed by atoms with Crippen molar-refractivity contribution in [3.63, 3.8) is 0 Å². The highest BCUT2D eigenvalue weighted by molar-refractivity contribution is 5.98. The van der Waals surface area contributed by atoms with Gasteiger partial charge in [-0.25, -0.2) is 4.79 Å². The molecule has 10 heteroatoms. The fraction of sp³-hybridized carbons (Fsp3) is 0.316. The molecule has 1 amide bonds. The first kappa shape index (κ1) is 20.1. The number of aromatic nitrogens is 1. The minimum absolute atomic E-state index is 0.129. The minimum Gasteiger partial charge on any atom is -0.494 e. The monoisotopic (exact) mass is 401 g/mol. The van der Waals surface area contributed by atoms with E-state index in [-0.39, 0.29) is 24.1 Å². The number of carbonyl (C=O) groups excluding carboxylic acids is 2. The van der Waals surface area contributed by atoms with Gasteiger partial charge in [-0.3, -0.25) is 9.69 Å². The number of hydrogen-bond acceptors (Lipinski definition) is 8. The van der Waals surface area contributed by atoms with Gasteiger partial charge in [0.1, 0.15) is 5.75 Å². The van der Waals surface area contributed by atoms with Crippen molar-refractivity contribution >= 4 is 23.5 Å². The molecular formula is C19H19N3O7. The van der Waals surface area contributed by atoms with E-state index in [1.165, 1.54) is 24.1 Å². The summed E-state index contributed by atoms with van der Waals surface area (Å²) in [5, 5.41) is 11.0. The van der Waals surface area contributed by atoms with Gasteiger partial charge in [0.15, 0.2) is 11.9 Å². The molecule has 0 bridgehead atoms. The Morgan fingerprint density at radius 2 is 2.00 bits per heavy atom. The van der Waals surface area contributed by atoms with E-state index < -0.39 is 17.0 Å². The number of anilines is 1. The summed E-state index contributed by atoms with van der Waals surface area (Å²) in [6.45, 7) is 2.16. The minimum atomic E-state index is -0.711. The van der Waals surface area contributed by atoms with Crippen LogP contribution in [0.15, 0.2) is 36.4 Å². The van der Waals surface area contributed by atoms with Crippen LogP contribution >= 0.6 is 0 Å². The van der Waals surface area contributed by atoms with Gasteiger partial charge in [0, 0.05) is 12.6 Å². The fourth-order valence-corrected chi connectivity index (χ4v) is 2.81. The van der Waals surface area contributed by atoms with Gasteiger partial charge in [-0.15, -0.1) is 0 Å². The molecule has 3 rings (SSSR count). The molecule has 0 saturated carbocycles. The Morgan fingerprint density at radius 1 is 1.28 bits per heavy atom. The number of ether oxygens (including phenoxy) is 3. The van der Waals surface area contributed by atoms with Crippen molar-refractivity contribution in [1.29, 1.82) is 0 Å².